The van der Waals surface area contributed by atoms with Crippen molar-refractivity contribution in [3.8, 4) is 11.4 Å². The maximum atomic E-state index is 12.9. The van der Waals surface area contributed by atoms with Crippen LogP contribution in [-0.4, -0.2) is 15.9 Å². The Kier molecular flexibility index (Phi) is 4.55. The normalized spacial score (nSPS) is 21.3. The maximum absolute atomic E-state index is 12.9. The molecule has 0 spiro atoms. The van der Waals surface area contributed by atoms with Gasteiger partial charge in [-0.2, -0.15) is 0 Å². The van der Waals surface area contributed by atoms with Crippen LogP contribution in [0, 0.1) is 11.8 Å². The number of imidazole rings is 1. The molecule has 2 N–H and O–H groups in total. The molecule has 0 radical (unpaired) electrons. The number of fused-ring (bicyclic) bond motifs is 1. The van der Waals surface area contributed by atoms with Crippen molar-refractivity contribution in [2.45, 2.75) is 32.6 Å². The Morgan fingerprint density at radius 3 is 2.90 bits per heavy atom. The molecular formula is C25H25N3O. The molecule has 3 aromatic rings. The van der Waals surface area contributed by atoms with Crippen molar-refractivity contribution in [1.29, 1.82) is 0 Å². The summed E-state index contributed by atoms with van der Waals surface area (Å²) in [4.78, 5) is 20.9. The standard InChI is InChI=1S/C25H25N3O/c1-16-6-5-9-18-14-19(10-12-21(16)18)25(29)26-20-11-13-22-23(15-20)28-24(27-22)17-7-3-2-4-8-17/h2-5,7-9,11,13,15-16,19H,6,10,12,14H2,1H3,(H,26,29)(H,27,28). The molecule has 2 aliphatic rings. The number of benzene rings is 2. The van der Waals surface area contributed by atoms with Gasteiger partial charge < -0.3 is 10.3 Å². The van der Waals surface area contributed by atoms with Crippen molar-refractivity contribution < 1.29 is 4.79 Å². The Labute approximate surface area is 170 Å². The van der Waals surface area contributed by atoms with Crippen molar-refractivity contribution in [3.63, 3.8) is 0 Å². The quantitative estimate of drug-likeness (QED) is 0.595. The number of H-pyrrole nitrogens is 1. The summed E-state index contributed by atoms with van der Waals surface area (Å²) < 4.78 is 0. The van der Waals surface area contributed by atoms with Crippen molar-refractivity contribution >= 4 is 22.6 Å². The van der Waals surface area contributed by atoms with Crippen LogP contribution in [0.1, 0.15) is 32.6 Å². The second-order valence-corrected chi connectivity index (χ2v) is 8.20. The second-order valence-electron chi connectivity index (χ2n) is 8.20. The Bertz CT molecular complexity index is 1120. The first-order valence-corrected chi connectivity index (χ1v) is 10.4. The number of carbonyl (C=O) groups is 1. The highest BCUT2D eigenvalue weighted by atomic mass is 16.1. The fourth-order valence-corrected chi connectivity index (χ4v) is 4.57. The summed E-state index contributed by atoms with van der Waals surface area (Å²) in [5.74, 6) is 1.63. The topological polar surface area (TPSA) is 57.8 Å². The van der Waals surface area contributed by atoms with Gasteiger partial charge in [-0.25, -0.2) is 4.98 Å². The molecule has 29 heavy (non-hydrogen) atoms. The van der Waals surface area contributed by atoms with Crippen LogP contribution in [0.3, 0.4) is 0 Å². The van der Waals surface area contributed by atoms with E-state index >= 15 is 0 Å². The Hall–Kier alpha value is -3.14. The second kappa shape index (κ2) is 7.36. The predicted octanol–water partition coefficient (Wildman–Crippen LogP) is 5.86. The number of rotatable bonds is 3. The van der Waals surface area contributed by atoms with Crippen LogP contribution in [0.5, 0.6) is 0 Å². The molecule has 2 aliphatic carbocycles. The van der Waals surface area contributed by atoms with Gasteiger partial charge in [-0.3, -0.25) is 4.79 Å². The molecule has 4 heteroatoms. The fourth-order valence-electron chi connectivity index (χ4n) is 4.57. The SMILES string of the molecule is CC1CC=CC2=C1CCC(C(=O)Nc1ccc3nc(-c4ccccc4)[nH]c3c1)C2. The van der Waals surface area contributed by atoms with Crippen LogP contribution >= 0.6 is 0 Å². The van der Waals surface area contributed by atoms with E-state index in [2.05, 4.69) is 34.4 Å². The third-order valence-electron chi connectivity index (χ3n) is 6.21. The van der Waals surface area contributed by atoms with Gasteiger partial charge in [0.15, 0.2) is 0 Å². The van der Waals surface area contributed by atoms with Gasteiger partial charge in [0.05, 0.1) is 11.0 Å². The average Bonchev–Trinajstić information content (AvgIpc) is 3.18. The summed E-state index contributed by atoms with van der Waals surface area (Å²) in [5, 5.41) is 3.13. The lowest BCUT2D eigenvalue weighted by Crippen LogP contribution is -2.27. The third kappa shape index (κ3) is 3.51. The van der Waals surface area contributed by atoms with Gasteiger partial charge in [-0.1, -0.05) is 55.0 Å². The van der Waals surface area contributed by atoms with E-state index in [1.807, 2.05) is 48.5 Å². The first kappa shape index (κ1) is 17.9. The van der Waals surface area contributed by atoms with E-state index in [1.54, 1.807) is 5.57 Å². The smallest absolute Gasteiger partial charge is 0.227 e. The molecule has 1 aromatic heterocycles. The van der Waals surface area contributed by atoms with E-state index in [9.17, 15) is 4.79 Å². The zero-order valence-electron chi connectivity index (χ0n) is 16.6. The highest BCUT2D eigenvalue weighted by Crippen LogP contribution is 2.38. The number of allylic oxidation sites excluding steroid dienone is 4. The van der Waals surface area contributed by atoms with Crippen LogP contribution in [0.15, 0.2) is 71.8 Å². The maximum Gasteiger partial charge on any atom is 0.227 e. The molecule has 2 atom stereocenters. The Balaban J connectivity index is 1.33. The van der Waals surface area contributed by atoms with E-state index in [0.29, 0.717) is 5.92 Å². The third-order valence-corrected chi connectivity index (χ3v) is 6.21. The molecule has 0 fully saturated rings. The lowest BCUT2D eigenvalue weighted by Gasteiger charge is -2.30. The molecule has 5 rings (SSSR count). The summed E-state index contributed by atoms with van der Waals surface area (Å²) in [6.07, 6.45) is 8.44. The van der Waals surface area contributed by atoms with Gasteiger partial charge in [-0.05, 0) is 55.4 Å². The van der Waals surface area contributed by atoms with Gasteiger partial charge in [0.2, 0.25) is 5.91 Å². The lowest BCUT2D eigenvalue weighted by molar-refractivity contribution is -0.120. The molecule has 0 saturated carbocycles. The van der Waals surface area contributed by atoms with Gasteiger partial charge >= 0.3 is 0 Å². The predicted molar refractivity (Wildman–Crippen MR) is 117 cm³/mol. The van der Waals surface area contributed by atoms with Crippen LogP contribution in [0.2, 0.25) is 0 Å². The van der Waals surface area contributed by atoms with E-state index < -0.39 is 0 Å². The number of nitrogens with zero attached hydrogens (tertiary/aromatic N) is 1. The minimum absolute atomic E-state index is 0.0426. The van der Waals surface area contributed by atoms with E-state index in [4.69, 9.17) is 0 Å². The number of hydrogen-bond acceptors (Lipinski definition) is 2. The monoisotopic (exact) mass is 383 g/mol. The summed E-state index contributed by atoms with van der Waals surface area (Å²) in [6.45, 7) is 2.29. The molecular weight excluding hydrogens is 358 g/mol. The number of nitrogens with one attached hydrogen (secondary N) is 2. The molecule has 0 bridgehead atoms. The van der Waals surface area contributed by atoms with Gasteiger partial charge in [-0.15, -0.1) is 0 Å². The zero-order chi connectivity index (χ0) is 19.8. The van der Waals surface area contributed by atoms with Crippen molar-refractivity contribution in [1.82, 2.24) is 9.97 Å². The first-order chi connectivity index (χ1) is 14.2. The molecule has 2 aromatic carbocycles. The zero-order valence-corrected chi connectivity index (χ0v) is 16.6. The van der Waals surface area contributed by atoms with Crippen molar-refractivity contribution in [3.05, 3.63) is 71.8 Å². The first-order valence-electron chi connectivity index (χ1n) is 10.4. The van der Waals surface area contributed by atoms with E-state index in [-0.39, 0.29) is 11.8 Å². The van der Waals surface area contributed by atoms with Crippen molar-refractivity contribution in [2.75, 3.05) is 5.32 Å². The number of amides is 1. The molecule has 4 nitrogen and oxygen atoms in total. The summed E-state index contributed by atoms with van der Waals surface area (Å²) in [5.41, 5.74) is 6.64. The molecule has 1 amide bonds. The molecule has 1 heterocycles. The average molecular weight is 383 g/mol. The van der Waals surface area contributed by atoms with E-state index in [1.165, 1.54) is 5.57 Å². The van der Waals surface area contributed by atoms with Gasteiger partial charge in [0, 0.05) is 17.2 Å². The number of aromatic amines is 1. The molecule has 0 saturated heterocycles. The molecule has 146 valence electrons. The summed E-state index contributed by atoms with van der Waals surface area (Å²) >= 11 is 0. The summed E-state index contributed by atoms with van der Waals surface area (Å²) in [7, 11) is 0. The van der Waals surface area contributed by atoms with Crippen LogP contribution < -0.4 is 5.32 Å². The molecule has 0 aliphatic heterocycles. The van der Waals surface area contributed by atoms with Crippen LogP contribution in [0.25, 0.3) is 22.4 Å². The Morgan fingerprint density at radius 2 is 2.03 bits per heavy atom. The number of hydrogen-bond donors (Lipinski definition) is 2. The minimum Gasteiger partial charge on any atom is -0.338 e. The number of aromatic nitrogens is 2. The van der Waals surface area contributed by atoms with Gasteiger partial charge in [0.1, 0.15) is 5.82 Å². The minimum atomic E-state index is 0.0426. The van der Waals surface area contributed by atoms with Gasteiger partial charge in [0.25, 0.3) is 0 Å². The fraction of sp³-hybridized carbons (Fsp3) is 0.280. The number of anilines is 1. The van der Waals surface area contributed by atoms with Crippen LogP contribution in [0.4, 0.5) is 5.69 Å². The number of carbonyl (C=O) groups excluding carboxylic acids is 1. The van der Waals surface area contributed by atoms with Crippen molar-refractivity contribution in [2.24, 2.45) is 11.8 Å². The summed E-state index contributed by atoms with van der Waals surface area (Å²) in [6, 6.07) is 15.9. The van der Waals surface area contributed by atoms with Crippen LogP contribution in [-0.2, 0) is 4.79 Å². The highest BCUT2D eigenvalue weighted by Gasteiger charge is 2.28. The largest absolute Gasteiger partial charge is 0.338 e. The highest BCUT2D eigenvalue weighted by molar-refractivity contribution is 5.95. The Morgan fingerprint density at radius 1 is 1.17 bits per heavy atom. The van der Waals surface area contributed by atoms with E-state index in [0.717, 1.165) is 53.8 Å². The molecule has 2 unspecified atom stereocenters. The lowest BCUT2D eigenvalue weighted by atomic mass is 9.76.